The number of anilines is 1. The lowest BCUT2D eigenvalue weighted by atomic mass is 9.79. The fourth-order valence-electron chi connectivity index (χ4n) is 3.08. The van der Waals surface area contributed by atoms with Gasteiger partial charge >= 0.3 is 0 Å². The monoisotopic (exact) mass is 395 g/mol. The molecule has 1 saturated heterocycles. The Balaban J connectivity index is 0.00000243. The molecule has 2 aromatic rings. The molecule has 1 aliphatic heterocycles. The van der Waals surface area contributed by atoms with Gasteiger partial charge in [0.25, 0.3) is 0 Å². The SMILES string of the molecule is Cc1ccc(Cc2cnc(NC(=O)C3(CN)CCOCC3)s2)cc1C.Cl. The molecule has 1 aromatic carbocycles. The molecule has 1 aliphatic rings. The fraction of sp³-hybridized carbons (Fsp3) is 0.474. The van der Waals surface area contributed by atoms with Crippen molar-refractivity contribution in [3.8, 4) is 0 Å². The lowest BCUT2D eigenvalue weighted by Gasteiger charge is -2.34. The Labute approximate surface area is 164 Å². The topological polar surface area (TPSA) is 77.2 Å². The van der Waals surface area contributed by atoms with Gasteiger partial charge in [-0.3, -0.25) is 4.79 Å². The third kappa shape index (κ3) is 4.62. The van der Waals surface area contributed by atoms with Gasteiger partial charge in [0.1, 0.15) is 0 Å². The number of rotatable bonds is 5. The number of hydrogen-bond donors (Lipinski definition) is 2. The van der Waals surface area contributed by atoms with E-state index in [0.29, 0.717) is 37.7 Å². The highest BCUT2D eigenvalue weighted by Crippen LogP contribution is 2.32. The Morgan fingerprint density at radius 1 is 1.31 bits per heavy atom. The number of aryl methyl sites for hydroxylation is 2. The molecule has 3 rings (SSSR count). The number of benzene rings is 1. The molecule has 2 heterocycles. The van der Waals surface area contributed by atoms with E-state index >= 15 is 0 Å². The molecule has 1 fully saturated rings. The van der Waals surface area contributed by atoms with Gasteiger partial charge in [-0.15, -0.1) is 23.7 Å². The molecule has 1 amide bonds. The fourth-order valence-corrected chi connectivity index (χ4v) is 3.92. The lowest BCUT2D eigenvalue weighted by molar-refractivity contribution is -0.130. The van der Waals surface area contributed by atoms with Crippen LogP contribution in [0.1, 0.15) is 34.4 Å². The van der Waals surface area contributed by atoms with Gasteiger partial charge in [-0.05, 0) is 43.4 Å². The summed E-state index contributed by atoms with van der Waals surface area (Å²) in [4.78, 5) is 18.2. The quantitative estimate of drug-likeness (QED) is 0.812. The van der Waals surface area contributed by atoms with Crippen molar-refractivity contribution in [3.05, 3.63) is 46.0 Å². The average Bonchev–Trinajstić information content (AvgIpc) is 3.05. The smallest absolute Gasteiger partial charge is 0.233 e. The zero-order valence-corrected chi connectivity index (χ0v) is 16.8. The zero-order valence-electron chi connectivity index (χ0n) is 15.2. The van der Waals surface area contributed by atoms with Crippen LogP contribution in [0.2, 0.25) is 0 Å². The van der Waals surface area contributed by atoms with E-state index in [1.165, 1.54) is 28.0 Å². The van der Waals surface area contributed by atoms with Crippen LogP contribution in [-0.4, -0.2) is 30.6 Å². The number of aromatic nitrogens is 1. The van der Waals surface area contributed by atoms with Crippen LogP contribution in [0.4, 0.5) is 5.13 Å². The van der Waals surface area contributed by atoms with Crippen LogP contribution in [0.5, 0.6) is 0 Å². The van der Waals surface area contributed by atoms with Crippen LogP contribution in [-0.2, 0) is 16.0 Å². The second-order valence-electron chi connectivity index (χ2n) is 6.78. The van der Waals surface area contributed by atoms with Gasteiger partial charge in [-0.25, -0.2) is 4.98 Å². The van der Waals surface area contributed by atoms with Crippen molar-refractivity contribution >= 4 is 34.8 Å². The third-order valence-corrected chi connectivity index (χ3v) is 5.96. The predicted octanol–water partition coefficient (Wildman–Crippen LogP) is 3.47. The van der Waals surface area contributed by atoms with E-state index in [4.69, 9.17) is 10.5 Å². The number of amides is 1. The summed E-state index contributed by atoms with van der Waals surface area (Å²) >= 11 is 1.52. The minimum atomic E-state index is -0.530. The molecule has 7 heteroatoms. The second-order valence-corrected chi connectivity index (χ2v) is 7.89. The van der Waals surface area contributed by atoms with Crippen molar-refractivity contribution in [1.29, 1.82) is 0 Å². The van der Waals surface area contributed by atoms with Gasteiger partial charge in [0.15, 0.2) is 5.13 Å². The molecule has 0 radical (unpaired) electrons. The number of nitrogens with one attached hydrogen (secondary N) is 1. The lowest BCUT2D eigenvalue weighted by Crippen LogP contribution is -2.46. The van der Waals surface area contributed by atoms with Gasteiger partial charge in [0, 0.05) is 37.3 Å². The van der Waals surface area contributed by atoms with E-state index in [1.807, 2.05) is 6.20 Å². The summed E-state index contributed by atoms with van der Waals surface area (Å²) in [6, 6.07) is 6.50. The van der Waals surface area contributed by atoms with E-state index in [9.17, 15) is 4.79 Å². The summed E-state index contributed by atoms with van der Waals surface area (Å²) in [5, 5.41) is 3.60. The van der Waals surface area contributed by atoms with Crippen LogP contribution in [0.25, 0.3) is 0 Å². The minimum Gasteiger partial charge on any atom is -0.381 e. The zero-order chi connectivity index (χ0) is 17.9. The summed E-state index contributed by atoms with van der Waals surface area (Å²) < 4.78 is 5.37. The molecule has 0 unspecified atom stereocenters. The normalized spacial score (nSPS) is 16.0. The van der Waals surface area contributed by atoms with Crippen LogP contribution < -0.4 is 11.1 Å². The summed E-state index contributed by atoms with van der Waals surface area (Å²) in [7, 11) is 0. The number of carbonyl (C=O) groups is 1. The van der Waals surface area contributed by atoms with Gasteiger partial charge in [0.2, 0.25) is 5.91 Å². The molecular formula is C19H26ClN3O2S. The number of halogens is 1. The van der Waals surface area contributed by atoms with Crippen LogP contribution in [0.15, 0.2) is 24.4 Å². The Bertz CT molecular complexity index is 757. The maximum absolute atomic E-state index is 12.7. The van der Waals surface area contributed by atoms with Crippen molar-refractivity contribution in [1.82, 2.24) is 4.98 Å². The highest BCUT2D eigenvalue weighted by atomic mass is 35.5. The number of hydrogen-bond acceptors (Lipinski definition) is 5. The Hall–Kier alpha value is -1.47. The molecule has 142 valence electrons. The number of nitrogens with zero attached hydrogens (tertiary/aromatic N) is 1. The Morgan fingerprint density at radius 2 is 2.04 bits per heavy atom. The highest BCUT2D eigenvalue weighted by Gasteiger charge is 2.39. The van der Waals surface area contributed by atoms with E-state index in [1.54, 1.807) is 0 Å². The van der Waals surface area contributed by atoms with Crippen molar-refractivity contribution in [3.63, 3.8) is 0 Å². The first kappa shape index (κ1) is 20.8. The molecule has 3 N–H and O–H groups in total. The van der Waals surface area contributed by atoms with Crippen molar-refractivity contribution in [2.75, 3.05) is 25.1 Å². The van der Waals surface area contributed by atoms with Crippen LogP contribution in [0, 0.1) is 19.3 Å². The van der Waals surface area contributed by atoms with Gasteiger partial charge in [-0.2, -0.15) is 0 Å². The maximum Gasteiger partial charge on any atom is 0.233 e. The van der Waals surface area contributed by atoms with E-state index in [0.717, 1.165) is 11.3 Å². The molecule has 26 heavy (non-hydrogen) atoms. The first-order chi connectivity index (χ1) is 12.0. The molecule has 0 atom stereocenters. The molecule has 1 aromatic heterocycles. The largest absolute Gasteiger partial charge is 0.381 e. The summed E-state index contributed by atoms with van der Waals surface area (Å²) in [6.07, 6.45) is 3.99. The summed E-state index contributed by atoms with van der Waals surface area (Å²) in [6.45, 7) is 5.74. The van der Waals surface area contributed by atoms with E-state index in [2.05, 4.69) is 42.3 Å². The number of carbonyl (C=O) groups excluding carboxylic acids is 1. The van der Waals surface area contributed by atoms with Gasteiger partial charge in [0.05, 0.1) is 5.41 Å². The van der Waals surface area contributed by atoms with E-state index in [-0.39, 0.29) is 18.3 Å². The molecule has 5 nitrogen and oxygen atoms in total. The minimum absolute atomic E-state index is 0. The highest BCUT2D eigenvalue weighted by molar-refractivity contribution is 7.15. The number of ether oxygens (including phenoxy) is 1. The Morgan fingerprint density at radius 3 is 2.69 bits per heavy atom. The van der Waals surface area contributed by atoms with Crippen LogP contribution >= 0.6 is 23.7 Å². The van der Waals surface area contributed by atoms with Gasteiger partial charge in [-0.1, -0.05) is 18.2 Å². The maximum atomic E-state index is 12.7. The predicted molar refractivity (Wildman–Crippen MR) is 108 cm³/mol. The summed E-state index contributed by atoms with van der Waals surface area (Å²) in [5.41, 5.74) is 9.21. The molecule has 0 saturated carbocycles. The third-order valence-electron chi connectivity index (χ3n) is 5.05. The average molecular weight is 396 g/mol. The van der Waals surface area contributed by atoms with Crippen LogP contribution in [0.3, 0.4) is 0 Å². The standard InChI is InChI=1S/C19H25N3O2S.ClH/c1-13-3-4-15(9-14(13)2)10-16-11-21-18(25-16)22-17(23)19(12-20)5-7-24-8-6-19;/h3-4,9,11H,5-8,10,12,20H2,1-2H3,(H,21,22,23);1H. The number of thiazole rings is 1. The number of nitrogens with two attached hydrogens (primary N) is 1. The van der Waals surface area contributed by atoms with Crippen molar-refractivity contribution in [2.24, 2.45) is 11.1 Å². The second kappa shape index (κ2) is 8.95. The summed E-state index contributed by atoms with van der Waals surface area (Å²) in [5.74, 6) is -0.0367. The van der Waals surface area contributed by atoms with Gasteiger partial charge < -0.3 is 15.8 Å². The molecule has 0 bridgehead atoms. The molecular weight excluding hydrogens is 370 g/mol. The molecule has 0 aliphatic carbocycles. The molecule has 0 spiro atoms. The van der Waals surface area contributed by atoms with E-state index < -0.39 is 5.41 Å². The Kier molecular flexibility index (Phi) is 7.17. The first-order valence-electron chi connectivity index (χ1n) is 8.62. The van der Waals surface area contributed by atoms with Crippen molar-refractivity contribution < 1.29 is 9.53 Å². The first-order valence-corrected chi connectivity index (χ1v) is 9.44. The van der Waals surface area contributed by atoms with Crippen molar-refractivity contribution in [2.45, 2.75) is 33.1 Å².